The van der Waals surface area contributed by atoms with Gasteiger partial charge in [-0.1, -0.05) is 0 Å². The van der Waals surface area contributed by atoms with Crippen molar-refractivity contribution in [3.63, 3.8) is 0 Å². The molecule has 17 heavy (non-hydrogen) atoms. The molecular weight excluding hydrogens is 286 g/mol. The summed E-state index contributed by atoms with van der Waals surface area (Å²) in [7, 11) is -7.16. The Hall–Kier alpha value is -0.680. The monoisotopic (exact) mass is 299 g/mol. The maximum absolute atomic E-state index is 11.6. The SMILES string of the molecule is Nc1csc(S(=O)(=O)NCCCS(N)(=O)=O)c1. The fourth-order valence-corrected chi connectivity index (χ4v) is 3.77. The lowest BCUT2D eigenvalue weighted by atomic mass is 10.5. The Bertz CT molecular complexity index is 575. The van der Waals surface area contributed by atoms with E-state index in [-0.39, 0.29) is 22.9 Å². The van der Waals surface area contributed by atoms with Crippen molar-refractivity contribution in [2.75, 3.05) is 18.0 Å². The molecule has 1 rings (SSSR count). The fourth-order valence-electron chi connectivity index (χ4n) is 1.02. The van der Waals surface area contributed by atoms with Crippen molar-refractivity contribution in [1.82, 2.24) is 4.72 Å². The van der Waals surface area contributed by atoms with Crippen LogP contribution in [0.4, 0.5) is 5.69 Å². The molecule has 10 heteroatoms. The summed E-state index contributed by atoms with van der Waals surface area (Å²) in [6.07, 6.45) is 0.124. The van der Waals surface area contributed by atoms with Crippen LogP contribution in [0.1, 0.15) is 6.42 Å². The highest BCUT2D eigenvalue weighted by Crippen LogP contribution is 2.21. The number of anilines is 1. The number of nitrogens with two attached hydrogens (primary N) is 2. The zero-order chi connectivity index (χ0) is 13.1. The maximum Gasteiger partial charge on any atom is 0.250 e. The van der Waals surface area contributed by atoms with E-state index in [1.54, 1.807) is 0 Å². The molecule has 0 bridgehead atoms. The molecule has 0 aromatic carbocycles. The highest BCUT2D eigenvalue weighted by atomic mass is 32.2. The molecule has 0 aliphatic rings. The van der Waals surface area contributed by atoms with Gasteiger partial charge in [0.25, 0.3) is 0 Å². The Morgan fingerprint density at radius 3 is 2.41 bits per heavy atom. The van der Waals surface area contributed by atoms with E-state index in [1.807, 2.05) is 0 Å². The second-order valence-corrected chi connectivity index (χ2v) is 7.96. The topological polar surface area (TPSA) is 132 Å². The third kappa shape index (κ3) is 5.00. The van der Waals surface area contributed by atoms with Crippen LogP contribution in [-0.4, -0.2) is 29.1 Å². The number of nitrogen functional groups attached to an aromatic ring is 1. The predicted molar refractivity (Wildman–Crippen MR) is 66.5 cm³/mol. The highest BCUT2D eigenvalue weighted by molar-refractivity contribution is 7.91. The van der Waals surface area contributed by atoms with Gasteiger partial charge in [-0.2, -0.15) is 0 Å². The molecule has 0 radical (unpaired) electrons. The Morgan fingerprint density at radius 2 is 1.94 bits per heavy atom. The van der Waals surface area contributed by atoms with Gasteiger partial charge in [-0.3, -0.25) is 0 Å². The van der Waals surface area contributed by atoms with Crippen LogP contribution in [0.3, 0.4) is 0 Å². The van der Waals surface area contributed by atoms with E-state index >= 15 is 0 Å². The molecule has 0 saturated heterocycles. The van der Waals surface area contributed by atoms with Gasteiger partial charge in [0, 0.05) is 17.6 Å². The summed E-state index contributed by atoms with van der Waals surface area (Å²) in [5.74, 6) is -0.262. The Labute approximate surface area is 104 Å². The van der Waals surface area contributed by atoms with Crippen LogP contribution in [0.5, 0.6) is 0 Å². The van der Waals surface area contributed by atoms with Crippen molar-refractivity contribution in [1.29, 1.82) is 0 Å². The van der Waals surface area contributed by atoms with Crippen LogP contribution < -0.4 is 15.6 Å². The van der Waals surface area contributed by atoms with Crippen molar-refractivity contribution in [2.45, 2.75) is 10.6 Å². The molecule has 7 nitrogen and oxygen atoms in total. The largest absolute Gasteiger partial charge is 0.398 e. The van der Waals surface area contributed by atoms with E-state index in [2.05, 4.69) is 4.72 Å². The first-order valence-electron chi connectivity index (χ1n) is 4.55. The number of sulfonamides is 2. The summed E-state index contributed by atoms with van der Waals surface area (Å²) in [6.45, 7) is 0.0105. The van der Waals surface area contributed by atoms with Crippen molar-refractivity contribution in [2.24, 2.45) is 5.14 Å². The number of hydrogen-bond acceptors (Lipinski definition) is 6. The lowest BCUT2D eigenvalue weighted by molar-refractivity contribution is 0.578. The van der Waals surface area contributed by atoms with E-state index < -0.39 is 20.0 Å². The van der Waals surface area contributed by atoms with Gasteiger partial charge in [-0.05, 0) is 12.5 Å². The molecule has 1 heterocycles. The van der Waals surface area contributed by atoms with Crippen molar-refractivity contribution in [3.8, 4) is 0 Å². The van der Waals surface area contributed by atoms with E-state index in [0.29, 0.717) is 5.69 Å². The molecule has 5 N–H and O–H groups in total. The van der Waals surface area contributed by atoms with Gasteiger partial charge in [0.05, 0.1) is 5.75 Å². The lowest BCUT2D eigenvalue weighted by Gasteiger charge is -2.03. The van der Waals surface area contributed by atoms with Gasteiger partial charge in [0.2, 0.25) is 20.0 Å². The Morgan fingerprint density at radius 1 is 1.29 bits per heavy atom. The average molecular weight is 299 g/mol. The van der Waals surface area contributed by atoms with Gasteiger partial charge >= 0.3 is 0 Å². The van der Waals surface area contributed by atoms with Crippen LogP contribution in [0.25, 0.3) is 0 Å². The van der Waals surface area contributed by atoms with Crippen LogP contribution in [-0.2, 0) is 20.0 Å². The first kappa shape index (κ1) is 14.4. The first-order valence-corrected chi connectivity index (χ1v) is 8.63. The third-order valence-corrected chi connectivity index (χ3v) is 5.53. The van der Waals surface area contributed by atoms with Gasteiger partial charge in [-0.25, -0.2) is 26.7 Å². The minimum absolute atomic E-state index is 0.0105. The third-order valence-electron chi connectivity index (χ3n) is 1.76. The molecule has 0 fully saturated rings. The summed E-state index contributed by atoms with van der Waals surface area (Å²) in [5, 5.41) is 6.29. The van der Waals surface area contributed by atoms with Crippen molar-refractivity contribution < 1.29 is 16.8 Å². The molecule has 0 spiro atoms. The van der Waals surface area contributed by atoms with Gasteiger partial charge in [-0.15, -0.1) is 11.3 Å². The number of nitrogens with one attached hydrogen (secondary N) is 1. The first-order chi connectivity index (χ1) is 7.71. The van der Waals surface area contributed by atoms with Crippen molar-refractivity contribution in [3.05, 3.63) is 11.4 Å². The van der Waals surface area contributed by atoms with E-state index in [9.17, 15) is 16.8 Å². The predicted octanol–water partition coefficient (Wildman–Crippen LogP) is -0.713. The summed E-state index contributed by atoms with van der Waals surface area (Å²) in [4.78, 5) is 0. The van der Waals surface area contributed by atoms with E-state index in [4.69, 9.17) is 10.9 Å². The molecule has 98 valence electrons. The number of rotatable bonds is 6. The fraction of sp³-hybridized carbons (Fsp3) is 0.429. The number of hydrogen-bond donors (Lipinski definition) is 3. The maximum atomic E-state index is 11.6. The minimum Gasteiger partial charge on any atom is -0.398 e. The zero-order valence-electron chi connectivity index (χ0n) is 8.79. The highest BCUT2D eigenvalue weighted by Gasteiger charge is 2.15. The summed E-state index contributed by atoms with van der Waals surface area (Å²) in [5.41, 5.74) is 5.78. The average Bonchev–Trinajstić information content (AvgIpc) is 2.59. The minimum atomic E-state index is -3.60. The van der Waals surface area contributed by atoms with Crippen molar-refractivity contribution >= 4 is 37.1 Å². The molecular formula is C7H13N3O4S3. The quantitative estimate of drug-likeness (QED) is 0.597. The Kier molecular flexibility index (Phi) is 4.49. The molecule has 0 atom stereocenters. The van der Waals surface area contributed by atoms with Crippen LogP contribution in [0, 0.1) is 0 Å². The van der Waals surface area contributed by atoms with Crippen LogP contribution >= 0.6 is 11.3 Å². The second-order valence-electron chi connectivity index (χ2n) is 3.32. The molecule has 0 saturated carbocycles. The van der Waals surface area contributed by atoms with E-state index in [1.165, 1.54) is 11.4 Å². The molecule has 0 aliphatic carbocycles. The number of primary sulfonamides is 1. The van der Waals surface area contributed by atoms with Gasteiger partial charge in [0.15, 0.2) is 0 Å². The smallest absolute Gasteiger partial charge is 0.250 e. The molecule has 0 unspecified atom stereocenters. The normalized spacial score (nSPS) is 12.8. The number of thiophene rings is 1. The van der Waals surface area contributed by atoms with Gasteiger partial charge in [0.1, 0.15) is 4.21 Å². The zero-order valence-corrected chi connectivity index (χ0v) is 11.2. The Balaban J connectivity index is 2.52. The summed E-state index contributed by atoms with van der Waals surface area (Å²) < 4.78 is 46.9. The molecule has 0 amide bonds. The standard InChI is InChI=1S/C7H13N3O4S3/c8-6-4-7(15-5-6)17(13,14)10-2-1-3-16(9,11)12/h4-5,10H,1-3,8H2,(H2,9,11,12). The second kappa shape index (κ2) is 5.31. The van der Waals surface area contributed by atoms with E-state index in [0.717, 1.165) is 11.3 Å². The van der Waals surface area contributed by atoms with Gasteiger partial charge < -0.3 is 5.73 Å². The molecule has 1 aromatic rings. The van der Waals surface area contributed by atoms with Crippen LogP contribution in [0.15, 0.2) is 15.7 Å². The molecule has 1 aromatic heterocycles. The summed E-state index contributed by atoms with van der Waals surface area (Å²) in [6, 6.07) is 1.34. The van der Waals surface area contributed by atoms with Crippen LogP contribution in [0.2, 0.25) is 0 Å². The lowest BCUT2D eigenvalue weighted by Crippen LogP contribution is -2.27. The summed E-state index contributed by atoms with van der Waals surface area (Å²) >= 11 is 1.00. The molecule has 0 aliphatic heterocycles.